The summed E-state index contributed by atoms with van der Waals surface area (Å²) in [5.41, 5.74) is 0.635. The molecule has 0 aromatic heterocycles. The maximum absolute atomic E-state index is 12.9. The number of hydrogen-bond donors (Lipinski definition) is 0. The number of piperazine rings is 1. The van der Waals surface area contributed by atoms with Gasteiger partial charge in [-0.3, -0.25) is 9.69 Å². The maximum Gasteiger partial charge on any atom is 0.254 e. The Morgan fingerprint density at radius 2 is 1.54 bits per heavy atom. The van der Waals surface area contributed by atoms with Crippen molar-refractivity contribution in [2.75, 3.05) is 60.0 Å². The van der Waals surface area contributed by atoms with Crippen LogP contribution in [0.3, 0.4) is 0 Å². The van der Waals surface area contributed by atoms with Gasteiger partial charge < -0.3 is 19.3 Å². The van der Waals surface area contributed by atoms with Crippen LogP contribution in [0.1, 0.15) is 30.1 Å². The third kappa shape index (κ3) is 4.30. The van der Waals surface area contributed by atoms with Crippen molar-refractivity contribution >= 4 is 5.91 Å². The predicted octanol–water partition coefficient (Wildman–Crippen LogP) is 1.95. The summed E-state index contributed by atoms with van der Waals surface area (Å²) >= 11 is 0. The molecule has 26 heavy (non-hydrogen) atoms. The van der Waals surface area contributed by atoms with E-state index in [1.54, 1.807) is 32.4 Å². The van der Waals surface area contributed by atoms with Gasteiger partial charge >= 0.3 is 0 Å². The van der Waals surface area contributed by atoms with E-state index < -0.39 is 0 Å². The first kappa shape index (κ1) is 19.0. The third-order valence-corrected chi connectivity index (χ3v) is 5.72. The monoisotopic (exact) mass is 361 g/mol. The van der Waals surface area contributed by atoms with E-state index in [-0.39, 0.29) is 5.91 Å². The molecule has 0 saturated carbocycles. The van der Waals surface area contributed by atoms with Crippen LogP contribution >= 0.6 is 0 Å². The molecule has 2 aliphatic heterocycles. The minimum absolute atomic E-state index is 0.0662. The summed E-state index contributed by atoms with van der Waals surface area (Å²) in [5, 5.41) is 0. The van der Waals surface area contributed by atoms with Gasteiger partial charge in [0.25, 0.3) is 5.91 Å². The highest BCUT2D eigenvalue weighted by atomic mass is 16.5. The number of nitrogens with zero attached hydrogens (tertiary/aromatic N) is 3. The van der Waals surface area contributed by atoms with Gasteiger partial charge in [-0.1, -0.05) is 6.92 Å². The fraction of sp³-hybridized carbons (Fsp3) is 0.650. The molecule has 6 heteroatoms. The second kappa shape index (κ2) is 8.73. The van der Waals surface area contributed by atoms with Crippen molar-refractivity contribution in [2.45, 2.75) is 25.8 Å². The SMILES string of the molecule is CCN1CCN(C2CCN(C(=O)c3cc(OC)cc(OC)c3)CC2)CC1. The summed E-state index contributed by atoms with van der Waals surface area (Å²) in [5.74, 6) is 1.37. The Hall–Kier alpha value is -1.79. The van der Waals surface area contributed by atoms with E-state index in [4.69, 9.17) is 9.47 Å². The number of likely N-dealkylation sites (N-methyl/N-ethyl adjacent to an activating group) is 1. The van der Waals surface area contributed by atoms with Gasteiger partial charge in [0.05, 0.1) is 14.2 Å². The molecule has 144 valence electrons. The van der Waals surface area contributed by atoms with Crippen molar-refractivity contribution in [1.82, 2.24) is 14.7 Å². The molecule has 0 spiro atoms. The van der Waals surface area contributed by atoms with Crippen LogP contribution in [0, 0.1) is 0 Å². The number of hydrogen-bond acceptors (Lipinski definition) is 5. The minimum atomic E-state index is 0.0662. The number of likely N-dealkylation sites (tertiary alicyclic amines) is 1. The molecule has 2 fully saturated rings. The zero-order chi connectivity index (χ0) is 18.5. The van der Waals surface area contributed by atoms with Gasteiger partial charge in [0.15, 0.2) is 0 Å². The summed E-state index contributed by atoms with van der Waals surface area (Å²) < 4.78 is 10.6. The Morgan fingerprint density at radius 3 is 2.04 bits per heavy atom. The van der Waals surface area contributed by atoms with Crippen LogP contribution in [0.25, 0.3) is 0 Å². The number of piperidine rings is 1. The molecule has 0 atom stereocenters. The van der Waals surface area contributed by atoms with Gasteiger partial charge in [0, 0.05) is 56.9 Å². The average molecular weight is 361 g/mol. The highest BCUT2D eigenvalue weighted by Gasteiger charge is 2.29. The van der Waals surface area contributed by atoms with Crippen LogP contribution in [0.4, 0.5) is 0 Å². The van der Waals surface area contributed by atoms with Crippen molar-refractivity contribution in [3.8, 4) is 11.5 Å². The number of carbonyl (C=O) groups is 1. The summed E-state index contributed by atoms with van der Waals surface area (Å²) in [7, 11) is 3.21. The number of carbonyl (C=O) groups excluding carboxylic acids is 1. The lowest BCUT2D eigenvalue weighted by molar-refractivity contribution is 0.0489. The average Bonchev–Trinajstić information content (AvgIpc) is 2.73. The molecular formula is C20H31N3O3. The zero-order valence-corrected chi connectivity index (χ0v) is 16.2. The van der Waals surface area contributed by atoms with Crippen molar-refractivity contribution in [3.05, 3.63) is 23.8 Å². The van der Waals surface area contributed by atoms with Crippen molar-refractivity contribution in [3.63, 3.8) is 0 Å². The van der Waals surface area contributed by atoms with E-state index in [0.717, 1.165) is 45.6 Å². The molecule has 0 unspecified atom stereocenters. The smallest absolute Gasteiger partial charge is 0.254 e. The summed E-state index contributed by atoms with van der Waals surface area (Å²) in [6.45, 7) is 9.64. The number of ether oxygens (including phenoxy) is 2. The highest BCUT2D eigenvalue weighted by Crippen LogP contribution is 2.25. The van der Waals surface area contributed by atoms with Gasteiger partial charge in [0.1, 0.15) is 11.5 Å². The van der Waals surface area contributed by atoms with E-state index in [1.165, 1.54) is 13.1 Å². The summed E-state index contributed by atoms with van der Waals surface area (Å²) in [6, 6.07) is 5.98. The molecule has 1 aromatic rings. The fourth-order valence-corrected chi connectivity index (χ4v) is 3.99. The van der Waals surface area contributed by atoms with Crippen LogP contribution in [0.2, 0.25) is 0 Å². The second-order valence-electron chi connectivity index (χ2n) is 7.09. The lowest BCUT2D eigenvalue weighted by atomic mass is 10.0. The minimum Gasteiger partial charge on any atom is -0.497 e. The van der Waals surface area contributed by atoms with Crippen LogP contribution in [0.5, 0.6) is 11.5 Å². The maximum atomic E-state index is 12.9. The quantitative estimate of drug-likeness (QED) is 0.802. The summed E-state index contributed by atoms with van der Waals surface area (Å²) in [6.07, 6.45) is 2.11. The molecule has 2 aliphatic rings. The lowest BCUT2D eigenvalue weighted by Gasteiger charge is -2.42. The Kier molecular flexibility index (Phi) is 6.38. The number of benzene rings is 1. The molecule has 2 heterocycles. The first-order valence-electron chi connectivity index (χ1n) is 9.63. The van der Waals surface area contributed by atoms with Gasteiger partial charge in [-0.2, -0.15) is 0 Å². The van der Waals surface area contributed by atoms with Crippen molar-refractivity contribution < 1.29 is 14.3 Å². The molecule has 0 radical (unpaired) electrons. The zero-order valence-electron chi connectivity index (χ0n) is 16.2. The molecule has 0 aliphatic carbocycles. The first-order valence-corrected chi connectivity index (χ1v) is 9.63. The van der Waals surface area contributed by atoms with Gasteiger partial charge in [-0.25, -0.2) is 0 Å². The van der Waals surface area contributed by atoms with Crippen LogP contribution < -0.4 is 9.47 Å². The number of amides is 1. The van der Waals surface area contributed by atoms with Gasteiger partial charge in [-0.15, -0.1) is 0 Å². The third-order valence-electron chi connectivity index (χ3n) is 5.72. The van der Waals surface area contributed by atoms with Crippen molar-refractivity contribution in [1.29, 1.82) is 0 Å². The largest absolute Gasteiger partial charge is 0.497 e. The molecule has 0 N–H and O–H groups in total. The molecule has 2 saturated heterocycles. The normalized spacial score (nSPS) is 20.2. The van der Waals surface area contributed by atoms with E-state index >= 15 is 0 Å². The molecular weight excluding hydrogens is 330 g/mol. The fourth-order valence-electron chi connectivity index (χ4n) is 3.99. The van der Waals surface area contributed by atoms with E-state index in [9.17, 15) is 4.79 Å². The molecule has 1 aromatic carbocycles. The lowest BCUT2D eigenvalue weighted by Crippen LogP contribution is -2.53. The standard InChI is InChI=1S/C20H31N3O3/c1-4-21-9-11-22(12-10-21)17-5-7-23(8-6-17)20(24)16-13-18(25-2)15-19(14-16)26-3/h13-15,17H,4-12H2,1-3H3. The molecule has 3 rings (SSSR count). The Bertz CT molecular complexity index is 584. The predicted molar refractivity (Wildman–Crippen MR) is 102 cm³/mol. The van der Waals surface area contributed by atoms with Crippen LogP contribution in [-0.4, -0.2) is 86.7 Å². The topological polar surface area (TPSA) is 45.2 Å². The Balaban J connectivity index is 1.57. The highest BCUT2D eigenvalue weighted by molar-refractivity contribution is 5.95. The second-order valence-corrected chi connectivity index (χ2v) is 7.09. The van der Waals surface area contributed by atoms with Crippen molar-refractivity contribution in [2.24, 2.45) is 0 Å². The van der Waals surface area contributed by atoms with E-state index in [2.05, 4.69) is 16.7 Å². The van der Waals surface area contributed by atoms with E-state index in [1.807, 2.05) is 4.90 Å². The molecule has 6 nitrogen and oxygen atoms in total. The Labute approximate surface area is 156 Å². The van der Waals surface area contributed by atoms with Gasteiger partial charge in [0.2, 0.25) is 0 Å². The number of rotatable bonds is 5. The van der Waals surface area contributed by atoms with E-state index in [0.29, 0.717) is 23.1 Å². The molecule has 1 amide bonds. The summed E-state index contributed by atoms with van der Waals surface area (Å²) in [4.78, 5) is 20.0. The molecule has 0 bridgehead atoms. The first-order chi connectivity index (χ1) is 12.6. The van der Waals surface area contributed by atoms with Crippen LogP contribution in [-0.2, 0) is 0 Å². The Morgan fingerprint density at radius 1 is 0.962 bits per heavy atom. The van der Waals surface area contributed by atoms with Crippen LogP contribution in [0.15, 0.2) is 18.2 Å². The van der Waals surface area contributed by atoms with Gasteiger partial charge in [-0.05, 0) is 31.5 Å². The number of methoxy groups -OCH3 is 2.